The van der Waals surface area contributed by atoms with Crippen molar-refractivity contribution < 1.29 is 18.8 Å². The molecule has 2 heterocycles. The molecule has 1 aromatic heterocycles. The van der Waals surface area contributed by atoms with E-state index < -0.39 is 12.0 Å². The second kappa shape index (κ2) is 5.61. The van der Waals surface area contributed by atoms with E-state index in [0.717, 1.165) is 6.42 Å². The van der Waals surface area contributed by atoms with Crippen LogP contribution in [0, 0.1) is 5.82 Å². The van der Waals surface area contributed by atoms with E-state index in [-0.39, 0.29) is 5.82 Å². The quantitative estimate of drug-likeness (QED) is 0.927. The lowest BCUT2D eigenvalue weighted by atomic mass is 10.2. The number of carboxylic acids is 1. The van der Waals surface area contributed by atoms with Gasteiger partial charge in [-0.1, -0.05) is 5.16 Å². The van der Waals surface area contributed by atoms with E-state index in [0.29, 0.717) is 36.8 Å². The third-order valence-corrected chi connectivity index (χ3v) is 3.55. The van der Waals surface area contributed by atoms with Gasteiger partial charge in [0.05, 0.1) is 6.54 Å². The molecular formula is C14H14FN3O3. The van der Waals surface area contributed by atoms with Gasteiger partial charge in [0, 0.05) is 5.56 Å². The van der Waals surface area contributed by atoms with Crippen LogP contribution in [0.1, 0.15) is 18.7 Å². The number of aliphatic carboxylic acids is 1. The molecule has 1 saturated heterocycles. The maximum absolute atomic E-state index is 12.9. The normalized spacial score (nSPS) is 19.0. The SMILES string of the molecule is O=C(O)C1CCCN1Cc1noc(-c2ccc(F)cc2)n1. The van der Waals surface area contributed by atoms with Crippen molar-refractivity contribution in [2.75, 3.05) is 6.54 Å². The second-order valence-corrected chi connectivity index (χ2v) is 4.99. The summed E-state index contributed by atoms with van der Waals surface area (Å²) in [6.07, 6.45) is 1.48. The summed E-state index contributed by atoms with van der Waals surface area (Å²) < 4.78 is 18.0. The Hall–Kier alpha value is -2.28. The Labute approximate surface area is 120 Å². The van der Waals surface area contributed by atoms with Gasteiger partial charge in [0.2, 0.25) is 0 Å². The number of aromatic nitrogens is 2. The summed E-state index contributed by atoms with van der Waals surface area (Å²) in [5.41, 5.74) is 0.631. The smallest absolute Gasteiger partial charge is 0.320 e. The minimum Gasteiger partial charge on any atom is -0.480 e. The van der Waals surface area contributed by atoms with Crippen molar-refractivity contribution in [1.82, 2.24) is 15.0 Å². The van der Waals surface area contributed by atoms with Gasteiger partial charge in [-0.05, 0) is 43.7 Å². The standard InChI is InChI=1S/C14H14FN3O3/c15-10-5-3-9(4-6-10)13-16-12(17-21-13)8-18-7-1-2-11(18)14(19)20/h3-6,11H,1-2,7-8H2,(H,19,20). The first-order chi connectivity index (χ1) is 10.1. The third-order valence-electron chi connectivity index (χ3n) is 3.55. The summed E-state index contributed by atoms with van der Waals surface area (Å²) in [4.78, 5) is 17.2. The zero-order chi connectivity index (χ0) is 14.8. The van der Waals surface area contributed by atoms with Gasteiger partial charge in [-0.3, -0.25) is 9.69 Å². The molecule has 1 unspecified atom stereocenters. The van der Waals surface area contributed by atoms with E-state index in [2.05, 4.69) is 10.1 Å². The van der Waals surface area contributed by atoms with E-state index in [1.807, 2.05) is 4.90 Å². The van der Waals surface area contributed by atoms with Crippen LogP contribution in [0.15, 0.2) is 28.8 Å². The predicted molar refractivity (Wildman–Crippen MR) is 70.8 cm³/mol. The summed E-state index contributed by atoms with van der Waals surface area (Å²) in [6, 6.07) is 5.27. The molecule has 110 valence electrons. The lowest BCUT2D eigenvalue weighted by Gasteiger charge is -2.18. The first kappa shape index (κ1) is 13.7. The molecule has 1 aliphatic rings. The summed E-state index contributed by atoms with van der Waals surface area (Å²) in [6.45, 7) is 1.04. The molecule has 1 atom stereocenters. The topological polar surface area (TPSA) is 79.5 Å². The molecule has 21 heavy (non-hydrogen) atoms. The number of likely N-dealkylation sites (tertiary alicyclic amines) is 1. The molecule has 6 nitrogen and oxygen atoms in total. The molecule has 1 N–H and O–H groups in total. The van der Waals surface area contributed by atoms with Gasteiger partial charge >= 0.3 is 5.97 Å². The molecule has 1 aromatic carbocycles. The lowest BCUT2D eigenvalue weighted by molar-refractivity contribution is -0.142. The molecule has 0 bridgehead atoms. The fraction of sp³-hybridized carbons (Fsp3) is 0.357. The first-order valence-corrected chi connectivity index (χ1v) is 6.69. The predicted octanol–water partition coefficient (Wildman–Crippen LogP) is 1.92. The van der Waals surface area contributed by atoms with Crippen molar-refractivity contribution >= 4 is 5.97 Å². The van der Waals surface area contributed by atoms with Crippen molar-refractivity contribution in [3.8, 4) is 11.5 Å². The van der Waals surface area contributed by atoms with E-state index >= 15 is 0 Å². The van der Waals surface area contributed by atoms with Gasteiger partial charge in [0.1, 0.15) is 11.9 Å². The molecule has 0 amide bonds. The number of benzene rings is 1. The summed E-state index contributed by atoms with van der Waals surface area (Å²) in [5.74, 6) is -0.423. The number of hydrogen-bond acceptors (Lipinski definition) is 5. The van der Waals surface area contributed by atoms with E-state index in [1.165, 1.54) is 12.1 Å². The van der Waals surface area contributed by atoms with Crippen LogP contribution in [0.5, 0.6) is 0 Å². The molecule has 0 aliphatic carbocycles. The van der Waals surface area contributed by atoms with Crippen molar-refractivity contribution in [2.24, 2.45) is 0 Å². The Kier molecular flexibility index (Phi) is 3.66. The first-order valence-electron chi connectivity index (χ1n) is 6.69. The Morgan fingerprint density at radius 2 is 2.19 bits per heavy atom. The van der Waals surface area contributed by atoms with Crippen LogP contribution in [0.25, 0.3) is 11.5 Å². The highest BCUT2D eigenvalue weighted by Gasteiger charge is 2.31. The summed E-state index contributed by atoms with van der Waals surface area (Å²) >= 11 is 0. The molecule has 3 rings (SSSR count). The number of carbonyl (C=O) groups is 1. The average molecular weight is 291 g/mol. The Bertz CT molecular complexity index is 641. The van der Waals surface area contributed by atoms with E-state index in [9.17, 15) is 9.18 Å². The van der Waals surface area contributed by atoms with E-state index in [1.54, 1.807) is 12.1 Å². The van der Waals surface area contributed by atoms with Gasteiger partial charge in [-0.25, -0.2) is 4.39 Å². The highest BCUT2D eigenvalue weighted by Crippen LogP contribution is 2.21. The summed E-state index contributed by atoms with van der Waals surface area (Å²) in [5, 5.41) is 13.0. The Morgan fingerprint density at radius 1 is 1.43 bits per heavy atom. The molecule has 7 heteroatoms. The maximum Gasteiger partial charge on any atom is 0.320 e. The van der Waals surface area contributed by atoms with Crippen LogP contribution in [-0.4, -0.2) is 38.7 Å². The van der Waals surface area contributed by atoms with Gasteiger partial charge in [-0.2, -0.15) is 4.98 Å². The maximum atomic E-state index is 12.9. The average Bonchev–Trinajstić information content (AvgIpc) is 3.09. The van der Waals surface area contributed by atoms with Crippen LogP contribution < -0.4 is 0 Å². The molecule has 2 aromatic rings. The van der Waals surface area contributed by atoms with Crippen LogP contribution in [0.3, 0.4) is 0 Å². The monoisotopic (exact) mass is 291 g/mol. The molecule has 1 aliphatic heterocycles. The van der Waals surface area contributed by atoms with Crippen LogP contribution in [-0.2, 0) is 11.3 Å². The third kappa shape index (κ3) is 2.92. The summed E-state index contributed by atoms with van der Waals surface area (Å²) in [7, 11) is 0. The second-order valence-electron chi connectivity index (χ2n) is 4.99. The van der Waals surface area contributed by atoms with Crippen molar-refractivity contribution in [3.63, 3.8) is 0 Å². The van der Waals surface area contributed by atoms with Crippen LogP contribution in [0.4, 0.5) is 4.39 Å². The number of halogens is 1. The number of rotatable bonds is 4. The molecular weight excluding hydrogens is 277 g/mol. The Morgan fingerprint density at radius 3 is 2.90 bits per heavy atom. The highest BCUT2D eigenvalue weighted by atomic mass is 19.1. The van der Waals surface area contributed by atoms with Crippen molar-refractivity contribution in [3.05, 3.63) is 35.9 Å². The lowest BCUT2D eigenvalue weighted by Crippen LogP contribution is -2.35. The van der Waals surface area contributed by atoms with Gasteiger partial charge in [0.25, 0.3) is 5.89 Å². The molecule has 1 fully saturated rings. The van der Waals surface area contributed by atoms with Gasteiger partial charge in [0.15, 0.2) is 5.82 Å². The minimum atomic E-state index is -0.824. The van der Waals surface area contributed by atoms with Crippen molar-refractivity contribution in [1.29, 1.82) is 0 Å². The van der Waals surface area contributed by atoms with Gasteiger partial charge in [-0.15, -0.1) is 0 Å². The number of carboxylic acid groups (broad SMARTS) is 1. The number of nitrogens with zero attached hydrogens (tertiary/aromatic N) is 3. The Balaban J connectivity index is 1.73. The number of hydrogen-bond donors (Lipinski definition) is 1. The van der Waals surface area contributed by atoms with Gasteiger partial charge < -0.3 is 9.63 Å². The van der Waals surface area contributed by atoms with E-state index in [4.69, 9.17) is 9.63 Å². The van der Waals surface area contributed by atoms with Crippen molar-refractivity contribution in [2.45, 2.75) is 25.4 Å². The zero-order valence-corrected chi connectivity index (χ0v) is 11.2. The zero-order valence-electron chi connectivity index (χ0n) is 11.2. The highest BCUT2D eigenvalue weighted by molar-refractivity contribution is 5.73. The molecule has 0 saturated carbocycles. The van der Waals surface area contributed by atoms with Crippen LogP contribution in [0.2, 0.25) is 0 Å². The largest absolute Gasteiger partial charge is 0.480 e. The molecule has 0 spiro atoms. The van der Waals surface area contributed by atoms with Crippen LogP contribution >= 0.6 is 0 Å². The minimum absolute atomic E-state index is 0.302. The fourth-order valence-electron chi connectivity index (χ4n) is 2.50. The molecule has 0 radical (unpaired) electrons. The fourth-order valence-corrected chi connectivity index (χ4v) is 2.50.